The smallest absolute Gasteiger partial charge is 0.410 e. The number of hydrogen-bond donors (Lipinski definition) is 2. The lowest BCUT2D eigenvalue weighted by Gasteiger charge is -2.24. The molecule has 2 rings (SSSR count). The maximum atomic E-state index is 11.9. The van der Waals surface area contributed by atoms with Crippen molar-refractivity contribution in [2.45, 2.75) is 45.3 Å². The van der Waals surface area contributed by atoms with Crippen molar-refractivity contribution in [1.82, 2.24) is 15.5 Å². The first-order valence-corrected chi connectivity index (χ1v) is 7.36. The van der Waals surface area contributed by atoms with Gasteiger partial charge in [-0.15, -0.1) is 0 Å². The van der Waals surface area contributed by atoms with Crippen LogP contribution in [-0.2, 0) is 4.74 Å². The third kappa shape index (κ3) is 4.66. The molecule has 1 amide bonds. The van der Waals surface area contributed by atoms with Crippen LogP contribution in [0.25, 0.3) is 0 Å². The summed E-state index contributed by atoms with van der Waals surface area (Å²) in [6.45, 7) is 10.6. The molecule has 2 heterocycles. The maximum Gasteiger partial charge on any atom is 0.410 e. The van der Waals surface area contributed by atoms with Crippen LogP contribution in [0.2, 0.25) is 0 Å². The van der Waals surface area contributed by atoms with Gasteiger partial charge in [0.25, 0.3) is 0 Å². The second kappa shape index (κ2) is 6.09. The highest BCUT2D eigenvalue weighted by atomic mass is 16.6. The van der Waals surface area contributed by atoms with E-state index in [9.17, 15) is 4.79 Å². The van der Waals surface area contributed by atoms with E-state index in [4.69, 9.17) is 4.74 Å². The van der Waals surface area contributed by atoms with Crippen LogP contribution in [0.15, 0.2) is 0 Å². The van der Waals surface area contributed by atoms with Crippen LogP contribution >= 0.6 is 0 Å². The Bertz CT molecular complexity index is 308. The summed E-state index contributed by atoms with van der Waals surface area (Å²) in [6, 6.07) is 0.424. The summed E-state index contributed by atoms with van der Waals surface area (Å²) < 4.78 is 5.40. The van der Waals surface area contributed by atoms with Gasteiger partial charge in [-0.05, 0) is 59.2 Å². The molecule has 110 valence electrons. The topological polar surface area (TPSA) is 53.6 Å². The van der Waals surface area contributed by atoms with E-state index in [1.165, 1.54) is 6.42 Å². The lowest BCUT2D eigenvalue weighted by Crippen LogP contribution is -2.39. The van der Waals surface area contributed by atoms with Gasteiger partial charge < -0.3 is 20.3 Å². The highest BCUT2D eigenvalue weighted by Crippen LogP contribution is 2.16. The number of nitrogens with one attached hydrogen (secondary N) is 2. The number of likely N-dealkylation sites (tertiary alicyclic amines) is 1. The Labute approximate surface area is 116 Å². The normalized spacial score (nSPS) is 27.8. The SMILES string of the molecule is CC(C)(C)OC(=O)N1CCC(NCC2CCNC2)C1. The largest absolute Gasteiger partial charge is 0.444 e. The predicted molar refractivity (Wildman–Crippen MR) is 75.2 cm³/mol. The molecule has 5 nitrogen and oxygen atoms in total. The van der Waals surface area contributed by atoms with E-state index in [2.05, 4.69) is 10.6 Å². The third-order valence-corrected chi connectivity index (χ3v) is 3.70. The Morgan fingerprint density at radius 1 is 1.42 bits per heavy atom. The van der Waals surface area contributed by atoms with E-state index in [-0.39, 0.29) is 6.09 Å². The molecule has 0 aromatic carbocycles. The van der Waals surface area contributed by atoms with Gasteiger partial charge in [0.1, 0.15) is 5.60 Å². The fourth-order valence-corrected chi connectivity index (χ4v) is 2.64. The van der Waals surface area contributed by atoms with Gasteiger partial charge in [-0.3, -0.25) is 0 Å². The van der Waals surface area contributed by atoms with E-state index < -0.39 is 5.60 Å². The molecule has 2 saturated heterocycles. The van der Waals surface area contributed by atoms with Gasteiger partial charge in [-0.2, -0.15) is 0 Å². The highest BCUT2D eigenvalue weighted by Gasteiger charge is 2.29. The molecule has 0 bridgehead atoms. The molecule has 0 aliphatic carbocycles. The molecule has 2 atom stereocenters. The summed E-state index contributed by atoms with van der Waals surface area (Å²) in [6.07, 6.45) is 2.11. The summed E-state index contributed by atoms with van der Waals surface area (Å²) in [5, 5.41) is 6.96. The minimum absolute atomic E-state index is 0.181. The van der Waals surface area contributed by atoms with Gasteiger partial charge in [0.2, 0.25) is 0 Å². The molecule has 2 N–H and O–H groups in total. The van der Waals surface area contributed by atoms with Gasteiger partial charge in [0.15, 0.2) is 0 Å². The molecule has 2 fully saturated rings. The van der Waals surface area contributed by atoms with Crippen LogP contribution in [-0.4, -0.2) is 55.4 Å². The van der Waals surface area contributed by atoms with Crippen molar-refractivity contribution in [1.29, 1.82) is 0 Å². The van der Waals surface area contributed by atoms with Crippen molar-refractivity contribution in [3.8, 4) is 0 Å². The monoisotopic (exact) mass is 269 g/mol. The third-order valence-electron chi connectivity index (χ3n) is 3.70. The fourth-order valence-electron chi connectivity index (χ4n) is 2.64. The average Bonchev–Trinajstić information content (AvgIpc) is 2.96. The molecule has 0 aromatic heterocycles. The Hall–Kier alpha value is -0.810. The summed E-state index contributed by atoms with van der Waals surface area (Å²) in [4.78, 5) is 13.7. The standard InChI is InChI=1S/C14H27N3O2/c1-14(2,3)19-13(18)17-7-5-12(10-17)16-9-11-4-6-15-8-11/h11-12,15-16H,4-10H2,1-3H3. The molecule has 2 unspecified atom stereocenters. The number of amides is 1. The number of carbonyl (C=O) groups excluding carboxylic acids is 1. The first kappa shape index (κ1) is 14.6. The fraction of sp³-hybridized carbons (Fsp3) is 0.929. The molecule has 2 aliphatic rings. The van der Waals surface area contributed by atoms with Gasteiger partial charge in [-0.1, -0.05) is 0 Å². The van der Waals surface area contributed by atoms with Crippen LogP contribution in [0, 0.1) is 5.92 Å². The second-order valence-corrected chi connectivity index (χ2v) is 6.68. The number of carbonyl (C=O) groups is 1. The van der Waals surface area contributed by atoms with Crippen molar-refractivity contribution in [3.63, 3.8) is 0 Å². The first-order chi connectivity index (χ1) is 8.94. The minimum Gasteiger partial charge on any atom is -0.444 e. The van der Waals surface area contributed by atoms with E-state index >= 15 is 0 Å². The number of rotatable bonds is 3. The predicted octanol–water partition coefficient (Wildman–Crippen LogP) is 1.19. The van der Waals surface area contributed by atoms with Crippen molar-refractivity contribution < 1.29 is 9.53 Å². The Morgan fingerprint density at radius 2 is 2.21 bits per heavy atom. The van der Waals surface area contributed by atoms with E-state index in [0.29, 0.717) is 6.04 Å². The number of hydrogen-bond acceptors (Lipinski definition) is 4. The molecule has 0 spiro atoms. The summed E-state index contributed by atoms with van der Waals surface area (Å²) in [5.74, 6) is 0.746. The first-order valence-electron chi connectivity index (χ1n) is 7.36. The second-order valence-electron chi connectivity index (χ2n) is 6.68. The molecule has 19 heavy (non-hydrogen) atoms. The lowest BCUT2D eigenvalue weighted by molar-refractivity contribution is 0.0291. The van der Waals surface area contributed by atoms with E-state index in [0.717, 1.165) is 45.1 Å². The summed E-state index contributed by atoms with van der Waals surface area (Å²) >= 11 is 0. The quantitative estimate of drug-likeness (QED) is 0.808. The van der Waals surface area contributed by atoms with Gasteiger partial charge in [0, 0.05) is 19.1 Å². The minimum atomic E-state index is -0.405. The molecule has 0 radical (unpaired) electrons. The molecular formula is C14H27N3O2. The van der Waals surface area contributed by atoms with Gasteiger partial charge in [0.05, 0.1) is 0 Å². The van der Waals surface area contributed by atoms with Crippen molar-refractivity contribution >= 4 is 6.09 Å². The molecule has 0 aromatic rings. The highest BCUT2D eigenvalue weighted by molar-refractivity contribution is 5.68. The number of nitrogens with zero attached hydrogens (tertiary/aromatic N) is 1. The van der Waals surface area contributed by atoms with Crippen LogP contribution in [0.4, 0.5) is 4.79 Å². The van der Waals surface area contributed by atoms with Gasteiger partial charge in [-0.25, -0.2) is 4.79 Å². The molecule has 0 saturated carbocycles. The van der Waals surface area contributed by atoms with Crippen LogP contribution < -0.4 is 10.6 Å². The Kier molecular flexibility index (Phi) is 4.68. The zero-order valence-corrected chi connectivity index (χ0v) is 12.4. The molecule has 5 heteroatoms. The maximum absolute atomic E-state index is 11.9. The van der Waals surface area contributed by atoms with Crippen molar-refractivity contribution in [3.05, 3.63) is 0 Å². The van der Waals surface area contributed by atoms with Crippen LogP contribution in [0.3, 0.4) is 0 Å². The van der Waals surface area contributed by atoms with Crippen LogP contribution in [0.5, 0.6) is 0 Å². The summed E-state index contributed by atoms with van der Waals surface area (Å²) in [7, 11) is 0. The number of ether oxygens (including phenoxy) is 1. The van der Waals surface area contributed by atoms with E-state index in [1.807, 2.05) is 25.7 Å². The Morgan fingerprint density at radius 3 is 2.84 bits per heavy atom. The molecular weight excluding hydrogens is 242 g/mol. The van der Waals surface area contributed by atoms with Crippen molar-refractivity contribution in [2.75, 3.05) is 32.7 Å². The average molecular weight is 269 g/mol. The van der Waals surface area contributed by atoms with E-state index in [1.54, 1.807) is 0 Å². The van der Waals surface area contributed by atoms with Gasteiger partial charge >= 0.3 is 6.09 Å². The lowest BCUT2D eigenvalue weighted by atomic mass is 10.1. The van der Waals surface area contributed by atoms with Crippen LogP contribution in [0.1, 0.15) is 33.6 Å². The zero-order valence-electron chi connectivity index (χ0n) is 12.4. The summed E-state index contributed by atoms with van der Waals surface area (Å²) in [5.41, 5.74) is -0.405. The zero-order chi connectivity index (χ0) is 13.9. The Balaban J connectivity index is 1.68. The molecule has 2 aliphatic heterocycles. The van der Waals surface area contributed by atoms with Crippen molar-refractivity contribution in [2.24, 2.45) is 5.92 Å².